The van der Waals surface area contributed by atoms with E-state index in [1.54, 1.807) is 36.3 Å². The van der Waals surface area contributed by atoms with Gasteiger partial charge in [-0.1, -0.05) is 0 Å². The third kappa shape index (κ3) is 2.83. The molecule has 9 heteroatoms. The summed E-state index contributed by atoms with van der Waals surface area (Å²) in [5.74, 6) is 0.330. The van der Waals surface area contributed by atoms with Crippen molar-refractivity contribution < 1.29 is 9.60 Å². The van der Waals surface area contributed by atoms with Crippen molar-refractivity contribution in [1.82, 2.24) is 24.7 Å². The van der Waals surface area contributed by atoms with Gasteiger partial charge in [-0.05, 0) is 12.1 Å². The molecule has 0 atom stereocenters. The molecule has 3 aromatic rings. The van der Waals surface area contributed by atoms with Gasteiger partial charge in [-0.2, -0.15) is 9.49 Å². The predicted octanol–water partition coefficient (Wildman–Crippen LogP) is 1.96. The zero-order valence-electron chi connectivity index (χ0n) is 11.5. The minimum absolute atomic E-state index is 0.00486. The van der Waals surface area contributed by atoms with E-state index >= 15 is 0 Å². The van der Waals surface area contributed by atoms with Crippen molar-refractivity contribution in [1.29, 1.82) is 0 Å². The Balaban J connectivity index is 1.94. The van der Waals surface area contributed by atoms with Gasteiger partial charge in [0, 0.05) is 30.9 Å². The average Bonchev–Trinajstić information content (AvgIpc) is 2.92. The van der Waals surface area contributed by atoms with E-state index in [0.29, 0.717) is 17.2 Å². The van der Waals surface area contributed by atoms with Crippen LogP contribution in [0.15, 0.2) is 36.7 Å². The van der Waals surface area contributed by atoms with Crippen LogP contribution in [0.4, 0.5) is 22.0 Å². The van der Waals surface area contributed by atoms with Crippen LogP contribution in [0.5, 0.6) is 0 Å². The quantitative estimate of drug-likeness (QED) is 0.500. The van der Waals surface area contributed by atoms with Gasteiger partial charge in [-0.25, -0.2) is 15.0 Å². The SMILES string of the molecule is Cn1nccc1Nc1nccc(-c2cc(F)nc(NO)c2)n1. The Labute approximate surface area is 124 Å². The lowest BCUT2D eigenvalue weighted by molar-refractivity contribution is 0.384. The molecule has 3 heterocycles. The van der Waals surface area contributed by atoms with E-state index in [9.17, 15) is 4.39 Å². The van der Waals surface area contributed by atoms with Crippen LogP contribution in [0.1, 0.15) is 0 Å². The molecule has 0 spiro atoms. The van der Waals surface area contributed by atoms with Crippen LogP contribution in [-0.2, 0) is 7.05 Å². The molecule has 22 heavy (non-hydrogen) atoms. The fourth-order valence-corrected chi connectivity index (χ4v) is 1.89. The van der Waals surface area contributed by atoms with Crippen LogP contribution in [0.3, 0.4) is 0 Å². The first-order valence-electron chi connectivity index (χ1n) is 6.32. The molecule has 3 aromatic heterocycles. The fraction of sp³-hybridized carbons (Fsp3) is 0.0769. The molecule has 8 nitrogen and oxygen atoms in total. The lowest BCUT2D eigenvalue weighted by Crippen LogP contribution is -2.03. The highest BCUT2D eigenvalue weighted by Gasteiger charge is 2.08. The Morgan fingerprint density at radius 2 is 2.05 bits per heavy atom. The normalized spacial score (nSPS) is 10.5. The van der Waals surface area contributed by atoms with Gasteiger partial charge in [0.25, 0.3) is 0 Å². The van der Waals surface area contributed by atoms with Crippen LogP contribution < -0.4 is 10.8 Å². The third-order valence-corrected chi connectivity index (χ3v) is 2.92. The number of aromatic nitrogens is 5. The maximum absolute atomic E-state index is 13.4. The van der Waals surface area contributed by atoms with Crippen LogP contribution in [0.25, 0.3) is 11.3 Å². The number of nitrogens with one attached hydrogen (secondary N) is 2. The number of aryl methyl sites for hydroxylation is 1. The van der Waals surface area contributed by atoms with E-state index in [0.717, 1.165) is 5.82 Å². The Bertz CT molecular complexity index is 805. The van der Waals surface area contributed by atoms with E-state index in [1.807, 2.05) is 5.48 Å². The number of nitrogens with zero attached hydrogens (tertiary/aromatic N) is 5. The third-order valence-electron chi connectivity index (χ3n) is 2.92. The molecule has 0 bridgehead atoms. The minimum Gasteiger partial charge on any atom is -0.309 e. The summed E-state index contributed by atoms with van der Waals surface area (Å²) in [7, 11) is 1.78. The predicted molar refractivity (Wildman–Crippen MR) is 77.1 cm³/mol. The van der Waals surface area contributed by atoms with Crippen LogP contribution in [-0.4, -0.2) is 29.9 Å². The molecule has 3 N–H and O–H groups in total. The van der Waals surface area contributed by atoms with Crippen molar-refractivity contribution in [2.45, 2.75) is 0 Å². The second-order valence-corrected chi connectivity index (χ2v) is 4.41. The summed E-state index contributed by atoms with van der Waals surface area (Å²) >= 11 is 0. The van der Waals surface area contributed by atoms with Gasteiger partial charge in [0.2, 0.25) is 11.9 Å². The topological polar surface area (TPSA) is 101 Å². The molecule has 0 aliphatic rings. The Kier molecular flexibility index (Phi) is 3.62. The Hall–Kier alpha value is -3.07. The number of hydrogen-bond donors (Lipinski definition) is 3. The number of anilines is 3. The summed E-state index contributed by atoms with van der Waals surface area (Å²) in [6.45, 7) is 0. The van der Waals surface area contributed by atoms with Gasteiger partial charge in [-0.3, -0.25) is 15.4 Å². The van der Waals surface area contributed by atoms with Crippen LogP contribution in [0, 0.1) is 5.95 Å². The van der Waals surface area contributed by atoms with Crippen molar-refractivity contribution in [3.63, 3.8) is 0 Å². The summed E-state index contributed by atoms with van der Waals surface area (Å²) < 4.78 is 15.1. The molecule has 0 radical (unpaired) electrons. The smallest absolute Gasteiger partial charge is 0.228 e. The first-order chi connectivity index (χ1) is 10.7. The molecule has 112 valence electrons. The lowest BCUT2D eigenvalue weighted by atomic mass is 10.2. The van der Waals surface area contributed by atoms with Gasteiger partial charge in [-0.15, -0.1) is 0 Å². The van der Waals surface area contributed by atoms with Gasteiger partial charge in [0.05, 0.1) is 11.9 Å². The summed E-state index contributed by atoms with van der Waals surface area (Å²) in [4.78, 5) is 11.9. The fourth-order valence-electron chi connectivity index (χ4n) is 1.89. The highest BCUT2D eigenvalue weighted by atomic mass is 19.1. The Morgan fingerprint density at radius 1 is 1.18 bits per heavy atom. The van der Waals surface area contributed by atoms with Gasteiger partial charge < -0.3 is 5.32 Å². The first-order valence-corrected chi connectivity index (χ1v) is 6.32. The number of rotatable bonds is 4. The van der Waals surface area contributed by atoms with E-state index in [-0.39, 0.29) is 5.82 Å². The van der Waals surface area contributed by atoms with Gasteiger partial charge in [0.1, 0.15) is 5.82 Å². The van der Waals surface area contributed by atoms with E-state index in [2.05, 4.69) is 25.4 Å². The summed E-state index contributed by atoms with van der Waals surface area (Å²) in [6, 6.07) is 6.09. The summed E-state index contributed by atoms with van der Waals surface area (Å²) in [5, 5.41) is 15.9. The lowest BCUT2D eigenvalue weighted by Gasteiger charge is -2.07. The van der Waals surface area contributed by atoms with Gasteiger partial charge >= 0.3 is 0 Å². The molecule has 0 aromatic carbocycles. The molecule has 0 aliphatic heterocycles. The molecule has 0 unspecified atom stereocenters. The van der Waals surface area contributed by atoms with Crippen LogP contribution >= 0.6 is 0 Å². The zero-order chi connectivity index (χ0) is 15.5. The van der Waals surface area contributed by atoms with E-state index < -0.39 is 5.95 Å². The molecule has 0 amide bonds. The van der Waals surface area contributed by atoms with E-state index in [1.165, 1.54) is 12.1 Å². The molecule has 0 saturated heterocycles. The monoisotopic (exact) mass is 301 g/mol. The largest absolute Gasteiger partial charge is 0.309 e. The second kappa shape index (κ2) is 5.74. The molecule has 0 saturated carbocycles. The molecule has 3 rings (SSSR count). The number of pyridine rings is 1. The maximum Gasteiger partial charge on any atom is 0.228 e. The number of hydrogen-bond acceptors (Lipinski definition) is 7. The summed E-state index contributed by atoms with van der Waals surface area (Å²) in [5.41, 5.74) is 2.76. The molecule has 0 fully saturated rings. The maximum atomic E-state index is 13.4. The van der Waals surface area contributed by atoms with Crippen LogP contribution in [0.2, 0.25) is 0 Å². The molecular formula is C13H12FN7O. The summed E-state index contributed by atoms with van der Waals surface area (Å²) in [6.07, 6.45) is 3.19. The molecular weight excluding hydrogens is 289 g/mol. The second-order valence-electron chi connectivity index (χ2n) is 4.41. The Morgan fingerprint density at radius 3 is 2.77 bits per heavy atom. The average molecular weight is 301 g/mol. The van der Waals surface area contributed by atoms with E-state index in [4.69, 9.17) is 5.21 Å². The first kappa shape index (κ1) is 13.9. The van der Waals surface area contributed by atoms with Crippen molar-refractivity contribution >= 4 is 17.6 Å². The van der Waals surface area contributed by atoms with Crippen molar-refractivity contribution in [3.05, 3.63) is 42.6 Å². The highest BCUT2D eigenvalue weighted by molar-refractivity contribution is 5.64. The number of halogens is 1. The standard InChI is InChI=1S/C13H12FN7O/c1-21-12(3-5-16-21)19-13-15-4-2-9(17-13)8-6-10(14)18-11(7-8)20-22/h2-7,22H,1H3,(H,18,20)(H,15,17,19). The van der Waals surface area contributed by atoms with Crippen molar-refractivity contribution in [2.75, 3.05) is 10.8 Å². The van der Waals surface area contributed by atoms with Crippen molar-refractivity contribution in [2.24, 2.45) is 7.05 Å². The molecule has 0 aliphatic carbocycles. The highest BCUT2D eigenvalue weighted by Crippen LogP contribution is 2.22. The van der Waals surface area contributed by atoms with Gasteiger partial charge in [0.15, 0.2) is 5.82 Å². The van der Waals surface area contributed by atoms with Crippen molar-refractivity contribution in [3.8, 4) is 11.3 Å². The zero-order valence-corrected chi connectivity index (χ0v) is 11.5. The minimum atomic E-state index is -0.728.